The van der Waals surface area contributed by atoms with Crippen LogP contribution in [-0.2, 0) is 4.79 Å². The molecule has 0 radical (unpaired) electrons. The van der Waals surface area contributed by atoms with Gasteiger partial charge in [-0.3, -0.25) is 4.79 Å². The molecule has 1 aliphatic heterocycles. The summed E-state index contributed by atoms with van der Waals surface area (Å²) in [5.41, 5.74) is 7.62. The summed E-state index contributed by atoms with van der Waals surface area (Å²) in [7, 11) is 0. The van der Waals surface area contributed by atoms with Gasteiger partial charge in [-0.2, -0.15) is 0 Å². The zero-order valence-electron chi connectivity index (χ0n) is 8.30. The fourth-order valence-corrected chi connectivity index (χ4v) is 1.74. The van der Waals surface area contributed by atoms with Crippen molar-refractivity contribution in [3.05, 3.63) is 17.2 Å². The molecule has 1 atom stereocenters. The van der Waals surface area contributed by atoms with Crippen molar-refractivity contribution in [3.63, 3.8) is 0 Å². The quantitative estimate of drug-likeness (QED) is 0.641. The van der Waals surface area contributed by atoms with Crippen molar-refractivity contribution in [2.45, 2.75) is 19.4 Å². The van der Waals surface area contributed by atoms with Gasteiger partial charge >= 0.3 is 0 Å². The first kappa shape index (κ1) is 10.1. The third kappa shape index (κ3) is 1.72. The van der Waals surface area contributed by atoms with Gasteiger partial charge in [-0.1, -0.05) is 18.5 Å². The second-order valence-corrected chi connectivity index (χ2v) is 3.92. The number of amides is 1. The van der Waals surface area contributed by atoms with E-state index in [-0.39, 0.29) is 11.9 Å². The molecule has 80 valence electrons. The molecule has 0 fully saturated rings. The minimum absolute atomic E-state index is 0.0354. The number of benzene rings is 1. The van der Waals surface area contributed by atoms with Crippen LogP contribution < -0.4 is 16.4 Å². The van der Waals surface area contributed by atoms with Gasteiger partial charge in [0.25, 0.3) is 0 Å². The molecule has 1 amide bonds. The van der Waals surface area contributed by atoms with Gasteiger partial charge < -0.3 is 16.4 Å². The van der Waals surface area contributed by atoms with Crippen LogP contribution in [0.3, 0.4) is 0 Å². The van der Waals surface area contributed by atoms with Crippen LogP contribution >= 0.6 is 11.6 Å². The third-order valence-electron chi connectivity index (χ3n) is 2.45. The SMILES string of the molecule is CCC1Nc2cc(Cl)c(N)cc2NC1=O. The monoisotopic (exact) mass is 225 g/mol. The van der Waals surface area contributed by atoms with E-state index in [1.165, 1.54) is 0 Å². The third-order valence-corrected chi connectivity index (χ3v) is 2.78. The predicted molar refractivity (Wildman–Crippen MR) is 62.2 cm³/mol. The van der Waals surface area contributed by atoms with Gasteiger partial charge in [0.05, 0.1) is 22.1 Å². The Bertz CT molecular complexity index is 419. The standard InChI is InChI=1S/C10H12ClN3O/c1-2-7-10(15)14-9-4-6(12)5(11)3-8(9)13-7/h3-4,7,13H,2,12H2,1H3,(H,14,15). The highest BCUT2D eigenvalue weighted by Gasteiger charge is 2.24. The number of carbonyl (C=O) groups is 1. The summed E-state index contributed by atoms with van der Waals surface area (Å²) in [6.07, 6.45) is 0.729. The average molecular weight is 226 g/mol. The summed E-state index contributed by atoms with van der Waals surface area (Å²) in [6, 6.07) is 3.19. The average Bonchev–Trinajstić information content (AvgIpc) is 2.20. The Morgan fingerprint density at radius 2 is 2.20 bits per heavy atom. The van der Waals surface area contributed by atoms with Crippen molar-refractivity contribution in [2.75, 3.05) is 16.4 Å². The topological polar surface area (TPSA) is 67.2 Å². The first-order valence-electron chi connectivity index (χ1n) is 4.78. The van der Waals surface area contributed by atoms with Crippen LogP contribution in [-0.4, -0.2) is 11.9 Å². The van der Waals surface area contributed by atoms with Crippen LogP contribution in [0.1, 0.15) is 13.3 Å². The molecule has 1 aromatic carbocycles. The van der Waals surface area contributed by atoms with Gasteiger partial charge in [-0.15, -0.1) is 0 Å². The lowest BCUT2D eigenvalue weighted by molar-refractivity contribution is -0.117. The van der Waals surface area contributed by atoms with Crippen molar-refractivity contribution < 1.29 is 4.79 Å². The molecule has 0 spiro atoms. The van der Waals surface area contributed by atoms with Crippen LogP contribution in [0.25, 0.3) is 0 Å². The summed E-state index contributed by atoms with van der Waals surface area (Å²) in [5.74, 6) is -0.0354. The number of hydrogen-bond donors (Lipinski definition) is 3. The highest BCUT2D eigenvalue weighted by atomic mass is 35.5. The Morgan fingerprint density at radius 1 is 1.47 bits per heavy atom. The van der Waals surface area contributed by atoms with Crippen molar-refractivity contribution in [3.8, 4) is 0 Å². The normalized spacial score (nSPS) is 19.1. The van der Waals surface area contributed by atoms with Crippen molar-refractivity contribution in [1.29, 1.82) is 0 Å². The molecule has 15 heavy (non-hydrogen) atoms. The van der Waals surface area contributed by atoms with Crippen LogP contribution in [0.4, 0.5) is 17.1 Å². The van der Waals surface area contributed by atoms with Crippen LogP contribution in [0.2, 0.25) is 5.02 Å². The second-order valence-electron chi connectivity index (χ2n) is 3.51. The number of anilines is 3. The van der Waals surface area contributed by atoms with Crippen molar-refractivity contribution in [1.82, 2.24) is 0 Å². The Kier molecular flexibility index (Phi) is 2.44. The molecule has 0 saturated heterocycles. The molecule has 4 nitrogen and oxygen atoms in total. The van der Waals surface area contributed by atoms with E-state index in [0.717, 1.165) is 12.1 Å². The van der Waals surface area contributed by atoms with E-state index < -0.39 is 0 Å². The lowest BCUT2D eigenvalue weighted by Gasteiger charge is -2.26. The van der Waals surface area contributed by atoms with E-state index in [2.05, 4.69) is 10.6 Å². The number of rotatable bonds is 1. The summed E-state index contributed by atoms with van der Waals surface area (Å²) in [4.78, 5) is 11.5. The van der Waals surface area contributed by atoms with Crippen molar-refractivity contribution >= 4 is 34.6 Å². The molecule has 2 rings (SSSR count). The number of nitrogens with one attached hydrogen (secondary N) is 2. The van der Waals surface area contributed by atoms with Crippen molar-refractivity contribution in [2.24, 2.45) is 0 Å². The zero-order chi connectivity index (χ0) is 11.0. The van der Waals surface area contributed by atoms with Crippen LogP contribution in [0.5, 0.6) is 0 Å². The fourth-order valence-electron chi connectivity index (χ4n) is 1.57. The fraction of sp³-hybridized carbons (Fsp3) is 0.300. The van der Waals surface area contributed by atoms with E-state index in [1.807, 2.05) is 6.92 Å². The molecule has 1 aromatic rings. The van der Waals surface area contributed by atoms with Gasteiger partial charge in [0.15, 0.2) is 0 Å². The van der Waals surface area contributed by atoms with E-state index in [9.17, 15) is 4.79 Å². The number of hydrogen-bond acceptors (Lipinski definition) is 3. The Balaban J connectivity index is 2.41. The summed E-state index contributed by atoms with van der Waals surface area (Å²) in [5, 5.41) is 6.39. The van der Waals surface area contributed by atoms with Gasteiger partial charge in [-0.25, -0.2) is 0 Å². The van der Waals surface area contributed by atoms with Gasteiger partial charge in [0.2, 0.25) is 5.91 Å². The molecule has 4 N–H and O–H groups in total. The lowest BCUT2D eigenvalue weighted by Crippen LogP contribution is -2.38. The van der Waals surface area contributed by atoms with E-state index in [1.54, 1.807) is 12.1 Å². The number of halogens is 1. The molecule has 0 bridgehead atoms. The Morgan fingerprint density at radius 3 is 2.87 bits per heavy atom. The maximum atomic E-state index is 11.5. The molecular weight excluding hydrogens is 214 g/mol. The molecule has 0 aromatic heterocycles. The minimum atomic E-state index is -0.197. The van der Waals surface area contributed by atoms with E-state index in [4.69, 9.17) is 17.3 Å². The summed E-state index contributed by atoms with van der Waals surface area (Å²) < 4.78 is 0. The van der Waals surface area contributed by atoms with E-state index >= 15 is 0 Å². The molecule has 5 heteroatoms. The molecule has 0 aliphatic carbocycles. The number of nitrogen functional groups attached to an aromatic ring is 1. The summed E-state index contributed by atoms with van der Waals surface area (Å²) in [6.45, 7) is 1.95. The predicted octanol–water partition coefficient (Wildman–Crippen LogP) is 2.06. The first-order valence-corrected chi connectivity index (χ1v) is 5.16. The maximum absolute atomic E-state index is 11.5. The van der Waals surface area contributed by atoms with Gasteiger partial charge in [0.1, 0.15) is 6.04 Å². The molecule has 1 unspecified atom stereocenters. The van der Waals surface area contributed by atoms with Gasteiger partial charge in [-0.05, 0) is 18.6 Å². The Labute approximate surface area is 92.8 Å². The minimum Gasteiger partial charge on any atom is -0.397 e. The van der Waals surface area contributed by atoms with Crippen LogP contribution in [0, 0.1) is 0 Å². The number of nitrogens with two attached hydrogens (primary N) is 1. The highest BCUT2D eigenvalue weighted by Crippen LogP contribution is 2.34. The first-order chi connectivity index (χ1) is 7.11. The van der Waals surface area contributed by atoms with Gasteiger partial charge in [0, 0.05) is 0 Å². The smallest absolute Gasteiger partial charge is 0.246 e. The lowest BCUT2D eigenvalue weighted by atomic mass is 10.1. The largest absolute Gasteiger partial charge is 0.397 e. The van der Waals surface area contributed by atoms with Crippen LogP contribution in [0.15, 0.2) is 12.1 Å². The summed E-state index contributed by atoms with van der Waals surface area (Å²) >= 11 is 5.90. The molecular formula is C10H12ClN3O. The number of carbonyl (C=O) groups excluding carboxylic acids is 1. The van der Waals surface area contributed by atoms with E-state index in [0.29, 0.717) is 16.4 Å². The maximum Gasteiger partial charge on any atom is 0.246 e. The number of fused-ring (bicyclic) bond motifs is 1. The second kappa shape index (κ2) is 3.62. The molecule has 1 aliphatic rings. The molecule has 1 heterocycles. The molecule has 0 saturated carbocycles. The zero-order valence-corrected chi connectivity index (χ0v) is 9.06. The highest BCUT2D eigenvalue weighted by molar-refractivity contribution is 6.33. The Hall–Kier alpha value is -1.42.